The fourth-order valence-electron chi connectivity index (χ4n) is 1.43. The number of hydrogen-bond acceptors (Lipinski definition) is 2. The molecule has 15 heavy (non-hydrogen) atoms. The van der Waals surface area contributed by atoms with Gasteiger partial charge in [0, 0.05) is 11.3 Å². The fraction of sp³-hybridized carbons (Fsp3) is 0.0909. The van der Waals surface area contributed by atoms with Crippen molar-refractivity contribution >= 4 is 6.29 Å². The summed E-state index contributed by atoms with van der Waals surface area (Å²) in [7, 11) is 0. The van der Waals surface area contributed by atoms with Crippen LogP contribution in [0.5, 0.6) is 0 Å². The van der Waals surface area contributed by atoms with Gasteiger partial charge in [-0.3, -0.25) is 9.89 Å². The predicted molar refractivity (Wildman–Crippen MR) is 54.1 cm³/mol. The minimum atomic E-state index is -0.511. The van der Waals surface area contributed by atoms with Gasteiger partial charge in [-0.15, -0.1) is 0 Å². The van der Waals surface area contributed by atoms with Gasteiger partial charge in [0.1, 0.15) is 5.82 Å². The highest BCUT2D eigenvalue weighted by Crippen LogP contribution is 2.22. The number of nitrogens with one attached hydrogen (secondary N) is 1. The lowest BCUT2D eigenvalue weighted by Crippen LogP contribution is -1.88. The number of carbonyl (C=O) groups is 1. The number of halogens is 1. The zero-order valence-electron chi connectivity index (χ0n) is 8.12. The molecular formula is C11H9FN2O. The van der Waals surface area contributed by atoms with Crippen molar-refractivity contribution in [3.8, 4) is 11.1 Å². The van der Waals surface area contributed by atoms with Crippen LogP contribution in [0.1, 0.15) is 16.1 Å². The molecule has 0 bridgehead atoms. The third-order valence-corrected chi connectivity index (χ3v) is 2.27. The van der Waals surface area contributed by atoms with E-state index in [-0.39, 0.29) is 5.56 Å². The number of benzene rings is 1. The number of aromatic nitrogens is 2. The molecule has 4 heteroatoms. The Morgan fingerprint density at radius 3 is 2.80 bits per heavy atom. The van der Waals surface area contributed by atoms with Crippen LogP contribution in [0.4, 0.5) is 4.39 Å². The van der Waals surface area contributed by atoms with E-state index >= 15 is 0 Å². The number of aromatic amines is 1. The molecule has 3 nitrogen and oxygen atoms in total. The number of carbonyl (C=O) groups excluding carboxylic acids is 1. The van der Waals surface area contributed by atoms with Crippen LogP contribution in [-0.4, -0.2) is 16.5 Å². The monoisotopic (exact) mass is 204 g/mol. The second-order valence-corrected chi connectivity index (χ2v) is 3.26. The van der Waals surface area contributed by atoms with Crippen molar-refractivity contribution < 1.29 is 9.18 Å². The molecule has 0 radical (unpaired) electrons. The van der Waals surface area contributed by atoms with Gasteiger partial charge in [-0.25, -0.2) is 4.39 Å². The third-order valence-electron chi connectivity index (χ3n) is 2.27. The zero-order chi connectivity index (χ0) is 10.8. The molecule has 0 amide bonds. The first-order valence-corrected chi connectivity index (χ1v) is 4.47. The van der Waals surface area contributed by atoms with Gasteiger partial charge in [-0.1, -0.05) is 6.07 Å². The number of rotatable bonds is 2. The maximum absolute atomic E-state index is 13.3. The highest BCUT2D eigenvalue weighted by Gasteiger charge is 2.07. The molecule has 1 N–H and O–H groups in total. The first-order valence-electron chi connectivity index (χ1n) is 4.47. The molecule has 76 valence electrons. The summed E-state index contributed by atoms with van der Waals surface area (Å²) >= 11 is 0. The zero-order valence-corrected chi connectivity index (χ0v) is 8.12. The molecule has 0 aliphatic heterocycles. The Kier molecular flexibility index (Phi) is 2.33. The Hall–Kier alpha value is -1.97. The van der Waals surface area contributed by atoms with E-state index in [9.17, 15) is 9.18 Å². The van der Waals surface area contributed by atoms with Gasteiger partial charge in [0.25, 0.3) is 0 Å². The van der Waals surface area contributed by atoms with Crippen LogP contribution in [0.2, 0.25) is 0 Å². The SMILES string of the molecule is Cc1[nH]ncc1-c1ccc(C=O)c(F)c1. The molecule has 0 saturated carbocycles. The molecule has 1 heterocycles. The minimum absolute atomic E-state index is 0.0693. The molecule has 0 unspecified atom stereocenters. The van der Waals surface area contributed by atoms with Gasteiger partial charge in [0.2, 0.25) is 0 Å². The molecule has 0 aliphatic rings. The lowest BCUT2D eigenvalue weighted by molar-refractivity contribution is 0.112. The van der Waals surface area contributed by atoms with Crippen molar-refractivity contribution in [1.29, 1.82) is 0 Å². The first kappa shape index (κ1) is 9.58. The maximum Gasteiger partial charge on any atom is 0.152 e. The molecule has 0 saturated heterocycles. The Bertz CT molecular complexity index is 505. The molecule has 2 aromatic rings. The van der Waals surface area contributed by atoms with Crippen molar-refractivity contribution in [3.05, 3.63) is 41.5 Å². The van der Waals surface area contributed by atoms with Crippen LogP contribution in [0.3, 0.4) is 0 Å². The molecule has 1 aromatic carbocycles. The Morgan fingerprint density at radius 2 is 2.27 bits per heavy atom. The van der Waals surface area contributed by atoms with E-state index in [2.05, 4.69) is 10.2 Å². The normalized spacial score (nSPS) is 10.3. The van der Waals surface area contributed by atoms with E-state index in [1.54, 1.807) is 12.3 Å². The minimum Gasteiger partial charge on any atom is -0.298 e. The van der Waals surface area contributed by atoms with Crippen molar-refractivity contribution in [2.24, 2.45) is 0 Å². The van der Waals surface area contributed by atoms with Gasteiger partial charge in [-0.2, -0.15) is 5.10 Å². The standard InChI is InChI=1S/C11H9FN2O/c1-7-10(5-13-14-7)8-2-3-9(6-15)11(12)4-8/h2-6H,1H3,(H,13,14). The molecule has 2 rings (SSSR count). The third kappa shape index (κ3) is 1.66. The molecule has 0 fully saturated rings. The van der Waals surface area contributed by atoms with E-state index in [0.717, 1.165) is 11.3 Å². The molecular weight excluding hydrogens is 195 g/mol. The van der Waals surface area contributed by atoms with Crippen LogP contribution < -0.4 is 0 Å². The second kappa shape index (κ2) is 3.65. The van der Waals surface area contributed by atoms with E-state index < -0.39 is 5.82 Å². The van der Waals surface area contributed by atoms with Gasteiger partial charge in [0.15, 0.2) is 6.29 Å². The Balaban J connectivity index is 2.52. The van der Waals surface area contributed by atoms with E-state index in [1.165, 1.54) is 12.1 Å². The summed E-state index contributed by atoms with van der Waals surface area (Å²) in [6.45, 7) is 1.86. The van der Waals surface area contributed by atoms with Crippen molar-refractivity contribution in [2.45, 2.75) is 6.92 Å². The number of hydrogen-bond donors (Lipinski definition) is 1. The number of nitrogens with zero attached hydrogens (tertiary/aromatic N) is 1. The van der Waals surface area contributed by atoms with Gasteiger partial charge in [0.05, 0.1) is 11.8 Å². The smallest absolute Gasteiger partial charge is 0.152 e. The maximum atomic E-state index is 13.3. The molecule has 0 atom stereocenters. The summed E-state index contributed by atoms with van der Waals surface area (Å²) < 4.78 is 13.3. The van der Waals surface area contributed by atoms with E-state index in [4.69, 9.17) is 0 Å². The van der Waals surface area contributed by atoms with Crippen molar-refractivity contribution in [3.63, 3.8) is 0 Å². The Labute approximate surface area is 85.9 Å². The molecule has 1 aromatic heterocycles. The number of aryl methyl sites for hydroxylation is 1. The summed E-state index contributed by atoms with van der Waals surface area (Å²) in [6, 6.07) is 4.50. The van der Waals surface area contributed by atoms with Gasteiger partial charge >= 0.3 is 0 Å². The lowest BCUT2D eigenvalue weighted by atomic mass is 10.0. The number of aldehydes is 1. The summed E-state index contributed by atoms with van der Waals surface area (Å²) in [5.41, 5.74) is 2.49. The van der Waals surface area contributed by atoms with Crippen LogP contribution in [0.15, 0.2) is 24.4 Å². The van der Waals surface area contributed by atoms with E-state index in [0.29, 0.717) is 11.8 Å². The summed E-state index contributed by atoms with van der Waals surface area (Å²) in [5.74, 6) is -0.511. The number of H-pyrrole nitrogens is 1. The van der Waals surface area contributed by atoms with Crippen LogP contribution in [0.25, 0.3) is 11.1 Å². The average molecular weight is 204 g/mol. The molecule has 0 spiro atoms. The fourth-order valence-corrected chi connectivity index (χ4v) is 1.43. The first-order chi connectivity index (χ1) is 7.22. The van der Waals surface area contributed by atoms with Gasteiger partial charge in [-0.05, 0) is 24.6 Å². The highest BCUT2D eigenvalue weighted by molar-refractivity contribution is 5.77. The quantitative estimate of drug-likeness (QED) is 0.763. The van der Waals surface area contributed by atoms with Crippen LogP contribution in [-0.2, 0) is 0 Å². The van der Waals surface area contributed by atoms with Crippen LogP contribution in [0, 0.1) is 12.7 Å². The lowest BCUT2D eigenvalue weighted by Gasteiger charge is -2.00. The summed E-state index contributed by atoms with van der Waals surface area (Å²) in [6.07, 6.45) is 2.13. The average Bonchev–Trinajstić information content (AvgIpc) is 2.64. The highest BCUT2D eigenvalue weighted by atomic mass is 19.1. The second-order valence-electron chi connectivity index (χ2n) is 3.26. The largest absolute Gasteiger partial charge is 0.298 e. The molecule has 0 aliphatic carbocycles. The summed E-state index contributed by atoms with van der Waals surface area (Å²) in [4.78, 5) is 10.4. The van der Waals surface area contributed by atoms with E-state index in [1.807, 2.05) is 6.92 Å². The van der Waals surface area contributed by atoms with Gasteiger partial charge < -0.3 is 0 Å². The summed E-state index contributed by atoms with van der Waals surface area (Å²) in [5, 5.41) is 6.63. The predicted octanol–water partition coefficient (Wildman–Crippen LogP) is 2.34. The van der Waals surface area contributed by atoms with Crippen molar-refractivity contribution in [2.75, 3.05) is 0 Å². The van der Waals surface area contributed by atoms with Crippen LogP contribution >= 0.6 is 0 Å². The Morgan fingerprint density at radius 1 is 1.47 bits per heavy atom. The van der Waals surface area contributed by atoms with Crippen molar-refractivity contribution in [1.82, 2.24) is 10.2 Å². The topological polar surface area (TPSA) is 45.8 Å².